The number of hydrogen-bond acceptors (Lipinski definition) is 4. The fourth-order valence-corrected chi connectivity index (χ4v) is 4.12. The maximum atomic E-state index is 12.6. The van der Waals surface area contributed by atoms with Crippen molar-refractivity contribution in [3.05, 3.63) is 29.8 Å². The first-order chi connectivity index (χ1) is 10.6. The Balaban J connectivity index is 1.61. The van der Waals surface area contributed by atoms with Gasteiger partial charge < -0.3 is 4.74 Å². The molecule has 4 heterocycles. The number of ether oxygens (including phenoxy) is 1. The molecule has 0 radical (unpaired) electrons. The normalized spacial score (nSPS) is 34.1. The van der Waals surface area contributed by atoms with Gasteiger partial charge in [-0.3, -0.25) is 10.3 Å². The minimum absolute atomic E-state index is 0.355. The number of rotatable bonds is 1. The lowest BCUT2D eigenvalue weighted by Crippen LogP contribution is -2.66. The van der Waals surface area contributed by atoms with Crippen LogP contribution in [0.2, 0.25) is 0 Å². The molecule has 2 bridgehead atoms. The number of aryl methyl sites for hydroxylation is 1. The molecule has 1 atom stereocenters. The average Bonchev–Trinajstić information content (AvgIpc) is 2.49. The van der Waals surface area contributed by atoms with Crippen molar-refractivity contribution in [2.24, 2.45) is 5.92 Å². The van der Waals surface area contributed by atoms with E-state index in [-0.39, 0.29) is 0 Å². The number of benzene rings is 1. The van der Waals surface area contributed by atoms with Crippen LogP contribution in [0.15, 0.2) is 24.3 Å². The van der Waals surface area contributed by atoms with E-state index in [2.05, 4.69) is 4.90 Å². The van der Waals surface area contributed by atoms with Gasteiger partial charge in [0.2, 0.25) is 0 Å². The summed E-state index contributed by atoms with van der Waals surface area (Å²) in [4.78, 5) is 16.4. The lowest BCUT2D eigenvalue weighted by atomic mass is 9.72. The Bertz CT molecular complexity index is 599. The zero-order valence-electron chi connectivity index (χ0n) is 12.8. The first kappa shape index (κ1) is 13.8. The summed E-state index contributed by atoms with van der Waals surface area (Å²) in [6, 6.07) is 7.66. The van der Waals surface area contributed by atoms with Crippen molar-refractivity contribution in [1.82, 2.24) is 4.90 Å². The van der Waals surface area contributed by atoms with Crippen molar-refractivity contribution < 1.29 is 9.53 Å². The first-order valence-corrected chi connectivity index (χ1v) is 7.97. The third-order valence-electron chi connectivity index (χ3n) is 5.32. The van der Waals surface area contributed by atoms with Crippen LogP contribution in [0, 0.1) is 18.3 Å². The van der Waals surface area contributed by atoms with Crippen LogP contribution in [-0.2, 0) is 4.74 Å². The van der Waals surface area contributed by atoms with Crippen LogP contribution in [0.3, 0.4) is 0 Å². The molecule has 0 aliphatic carbocycles. The van der Waals surface area contributed by atoms with E-state index in [0.717, 1.165) is 43.7 Å². The average molecular weight is 299 g/mol. The Kier molecular flexibility index (Phi) is 3.01. The van der Waals surface area contributed by atoms with E-state index >= 15 is 0 Å². The summed E-state index contributed by atoms with van der Waals surface area (Å²) in [5, 5.41) is 8.42. The molecule has 1 spiro atoms. The van der Waals surface area contributed by atoms with E-state index in [0.29, 0.717) is 18.2 Å². The Labute approximate surface area is 130 Å². The molecule has 4 fully saturated rings. The lowest BCUT2D eigenvalue weighted by Gasteiger charge is -2.54. The third kappa shape index (κ3) is 2.03. The van der Waals surface area contributed by atoms with E-state index in [1.165, 1.54) is 4.90 Å². The molecule has 1 unspecified atom stereocenters. The highest BCUT2D eigenvalue weighted by molar-refractivity contribution is 6.15. The van der Waals surface area contributed by atoms with Gasteiger partial charge >= 0.3 is 6.09 Å². The number of carbonyl (C=O) groups excluding carboxylic acids is 1. The van der Waals surface area contributed by atoms with Gasteiger partial charge in [0.1, 0.15) is 11.4 Å². The predicted octanol–water partition coefficient (Wildman–Crippen LogP) is 2.78. The maximum absolute atomic E-state index is 12.6. The molecule has 0 saturated carbocycles. The molecule has 0 aromatic heterocycles. The SMILES string of the molecule is Cc1ccc(N2C(=N)CC3(CN4CCC3CC4)OC2=O)cc1. The highest BCUT2D eigenvalue weighted by Crippen LogP contribution is 2.43. The fraction of sp³-hybridized carbons (Fsp3) is 0.529. The quantitative estimate of drug-likeness (QED) is 0.867. The molecular formula is C17H21N3O2. The standard InChI is InChI=1S/C17H21N3O2/c1-12-2-4-14(5-3-12)20-15(18)10-17(22-16(20)21)11-19-8-6-13(17)7-9-19/h2-5,13,18H,6-11H2,1H3. The van der Waals surface area contributed by atoms with Gasteiger partial charge in [-0.1, -0.05) is 17.7 Å². The smallest absolute Gasteiger partial charge is 0.420 e. The Morgan fingerprint density at radius 2 is 1.91 bits per heavy atom. The van der Waals surface area contributed by atoms with Crippen LogP contribution in [-0.4, -0.2) is 42.1 Å². The number of nitrogens with one attached hydrogen (secondary N) is 1. The van der Waals surface area contributed by atoms with Crippen molar-refractivity contribution >= 4 is 17.6 Å². The number of nitrogens with zero attached hydrogens (tertiary/aromatic N) is 2. The topological polar surface area (TPSA) is 56.6 Å². The third-order valence-corrected chi connectivity index (χ3v) is 5.32. The van der Waals surface area contributed by atoms with E-state index in [9.17, 15) is 4.79 Å². The van der Waals surface area contributed by atoms with Crippen molar-refractivity contribution in [2.45, 2.75) is 31.8 Å². The molecule has 5 heteroatoms. The molecule has 116 valence electrons. The summed E-state index contributed by atoms with van der Waals surface area (Å²) >= 11 is 0. The van der Waals surface area contributed by atoms with E-state index in [4.69, 9.17) is 10.1 Å². The number of piperidine rings is 3. The van der Waals surface area contributed by atoms with Gasteiger partial charge in [-0.25, -0.2) is 9.69 Å². The van der Waals surface area contributed by atoms with E-state index in [1.807, 2.05) is 31.2 Å². The maximum Gasteiger partial charge on any atom is 0.420 e. The summed E-state index contributed by atoms with van der Waals surface area (Å²) < 4.78 is 5.92. The molecular weight excluding hydrogens is 278 g/mol. The first-order valence-electron chi connectivity index (χ1n) is 7.97. The highest BCUT2D eigenvalue weighted by Gasteiger charge is 2.54. The summed E-state index contributed by atoms with van der Waals surface area (Å²) in [5.41, 5.74) is 1.39. The molecule has 4 aliphatic heterocycles. The van der Waals surface area contributed by atoms with Crippen molar-refractivity contribution in [3.8, 4) is 0 Å². The summed E-state index contributed by atoms with van der Waals surface area (Å²) in [6.07, 6.45) is 2.28. The van der Waals surface area contributed by atoms with Gasteiger partial charge in [0.25, 0.3) is 0 Å². The van der Waals surface area contributed by atoms with E-state index < -0.39 is 11.7 Å². The van der Waals surface area contributed by atoms with Gasteiger partial charge in [0, 0.05) is 18.9 Å². The van der Waals surface area contributed by atoms with Crippen LogP contribution in [0.4, 0.5) is 10.5 Å². The Morgan fingerprint density at radius 1 is 1.23 bits per heavy atom. The van der Waals surface area contributed by atoms with Gasteiger partial charge in [-0.05, 0) is 45.0 Å². The molecule has 1 N–H and O–H groups in total. The number of anilines is 1. The molecule has 4 aliphatic rings. The number of amidine groups is 1. The van der Waals surface area contributed by atoms with Gasteiger partial charge in [-0.2, -0.15) is 0 Å². The monoisotopic (exact) mass is 299 g/mol. The largest absolute Gasteiger partial charge is 0.440 e. The van der Waals surface area contributed by atoms with Gasteiger partial charge in [0.05, 0.1) is 5.69 Å². The van der Waals surface area contributed by atoms with Crippen molar-refractivity contribution in [2.75, 3.05) is 24.5 Å². The lowest BCUT2D eigenvalue weighted by molar-refractivity contribution is -0.113. The second-order valence-corrected chi connectivity index (χ2v) is 6.78. The molecule has 1 aromatic rings. The fourth-order valence-electron chi connectivity index (χ4n) is 4.12. The van der Waals surface area contributed by atoms with Crippen molar-refractivity contribution in [3.63, 3.8) is 0 Å². The second kappa shape index (κ2) is 4.81. The van der Waals surface area contributed by atoms with Crippen LogP contribution >= 0.6 is 0 Å². The van der Waals surface area contributed by atoms with Crippen LogP contribution in [0.1, 0.15) is 24.8 Å². The second-order valence-electron chi connectivity index (χ2n) is 6.78. The minimum atomic E-state index is -0.466. The summed E-state index contributed by atoms with van der Waals surface area (Å²) in [6.45, 7) is 4.98. The van der Waals surface area contributed by atoms with Crippen LogP contribution in [0.25, 0.3) is 0 Å². The minimum Gasteiger partial charge on any atom is -0.440 e. The molecule has 1 amide bonds. The number of hydrogen-bond donors (Lipinski definition) is 1. The summed E-state index contributed by atoms with van der Waals surface area (Å²) in [5.74, 6) is 0.760. The Hall–Kier alpha value is -1.88. The van der Waals surface area contributed by atoms with Crippen LogP contribution < -0.4 is 4.90 Å². The van der Waals surface area contributed by atoms with Crippen LogP contribution in [0.5, 0.6) is 0 Å². The van der Waals surface area contributed by atoms with E-state index in [1.54, 1.807) is 0 Å². The molecule has 4 saturated heterocycles. The molecule has 5 nitrogen and oxygen atoms in total. The molecule has 22 heavy (non-hydrogen) atoms. The molecule has 5 rings (SSSR count). The zero-order chi connectivity index (χ0) is 15.3. The van der Waals surface area contributed by atoms with Gasteiger partial charge in [-0.15, -0.1) is 0 Å². The predicted molar refractivity (Wildman–Crippen MR) is 84.4 cm³/mol. The number of carbonyl (C=O) groups is 1. The van der Waals surface area contributed by atoms with Crippen molar-refractivity contribution in [1.29, 1.82) is 5.41 Å². The number of amides is 1. The zero-order valence-corrected chi connectivity index (χ0v) is 12.8. The van der Waals surface area contributed by atoms with Gasteiger partial charge in [0.15, 0.2) is 0 Å². The Morgan fingerprint density at radius 3 is 2.45 bits per heavy atom. The number of fused-ring (bicyclic) bond motifs is 2. The highest BCUT2D eigenvalue weighted by atomic mass is 16.6. The summed E-state index contributed by atoms with van der Waals surface area (Å²) in [7, 11) is 0. The molecule has 1 aromatic carbocycles.